The maximum Gasteiger partial charge on any atom is 0.352 e. The third-order valence-corrected chi connectivity index (χ3v) is 9.18. The third-order valence-electron chi connectivity index (χ3n) is 5.52. The molecule has 0 bridgehead atoms. The molecule has 2 aliphatic rings. The Morgan fingerprint density at radius 2 is 2.17 bits per heavy atom. The van der Waals surface area contributed by atoms with Gasteiger partial charge in [0.25, 0.3) is 5.91 Å². The summed E-state index contributed by atoms with van der Waals surface area (Å²) in [5.74, 6) is -1.02. The summed E-state index contributed by atoms with van der Waals surface area (Å²) in [5.41, 5.74) is 1.34. The van der Waals surface area contributed by atoms with Crippen LogP contribution in [0.15, 0.2) is 21.8 Å². The number of H-pyrrole nitrogens is 1. The van der Waals surface area contributed by atoms with E-state index in [1.807, 2.05) is 6.92 Å². The summed E-state index contributed by atoms with van der Waals surface area (Å²) in [6.07, 6.45) is 2.03. The number of hydrogen-bond acceptors (Lipinski definition) is 11. The predicted molar refractivity (Wildman–Crippen MR) is 139 cm³/mol. The molecule has 2 aromatic rings. The number of rotatable bonds is 11. The number of aliphatic carboxylic acids is 2. The van der Waals surface area contributed by atoms with Crippen LogP contribution in [0.3, 0.4) is 0 Å². The van der Waals surface area contributed by atoms with Gasteiger partial charge in [0.05, 0.1) is 11.4 Å². The fraction of sp³-hybridized carbons (Fsp3) is 0.450. The summed E-state index contributed by atoms with van der Waals surface area (Å²) < 4.78 is 0.752. The number of nitrogens with one attached hydrogen (secondary N) is 3. The minimum atomic E-state index is -1.14. The molecule has 0 spiro atoms. The number of nitrogens with zero attached hydrogens (tertiary/aromatic N) is 4. The molecule has 1 saturated heterocycles. The van der Waals surface area contributed by atoms with E-state index in [9.17, 15) is 24.6 Å². The van der Waals surface area contributed by atoms with E-state index in [1.165, 1.54) is 39.8 Å². The Balaban J connectivity index is 1.36. The molecule has 2 aliphatic heterocycles. The Bertz CT molecular complexity index is 1230. The van der Waals surface area contributed by atoms with Crippen molar-refractivity contribution in [2.45, 2.75) is 41.6 Å². The van der Waals surface area contributed by atoms with E-state index in [0.29, 0.717) is 33.6 Å². The van der Waals surface area contributed by atoms with Crippen molar-refractivity contribution in [3.05, 3.63) is 34.0 Å². The number of likely N-dealkylation sites (N-methyl/N-ethyl adjacent to an activating group) is 1. The molecular formula is C20H23N7O5S4. The Morgan fingerprint density at radius 1 is 1.39 bits per heavy atom. The SMILES string of the molecule is CNC(Cc1cnc(CC(=S)N[C@@H]2C(=O)N3C(C(=O)O)=C(CSc4nnc(C)s4)CS[C@@H]23)[nH]1)C(=O)O. The predicted octanol–water partition coefficient (Wildman–Crippen LogP) is 0.659. The summed E-state index contributed by atoms with van der Waals surface area (Å²) >= 11 is 9.76. The molecule has 4 rings (SSSR count). The first-order chi connectivity index (χ1) is 17.2. The Hall–Kier alpha value is -2.53. The molecule has 36 heavy (non-hydrogen) atoms. The number of fused-ring (bicyclic) bond motifs is 1. The third kappa shape index (κ3) is 5.72. The van der Waals surface area contributed by atoms with Gasteiger partial charge in [0.2, 0.25) is 0 Å². The summed E-state index contributed by atoms with van der Waals surface area (Å²) in [7, 11) is 1.57. The molecule has 1 unspecified atom stereocenters. The van der Waals surface area contributed by atoms with E-state index in [0.717, 1.165) is 9.35 Å². The molecule has 2 aromatic heterocycles. The van der Waals surface area contributed by atoms with Gasteiger partial charge in [-0.3, -0.25) is 14.5 Å². The second kappa shape index (κ2) is 11.2. The molecule has 4 heterocycles. The number of carbonyl (C=O) groups is 3. The number of aryl methyl sites for hydroxylation is 1. The summed E-state index contributed by atoms with van der Waals surface area (Å²) in [5, 5.41) is 33.3. The topological polar surface area (TPSA) is 173 Å². The van der Waals surface area contributed by atoms with Crippen molar-refractivity contribution >= 4 is 69.9 Å². The van der Waals surface area contributed by atoms with Crippen LogP contribution in [-0.4, -0.2) is 94.1 Å². The number of carbonyl (C=O) groups excluding carboxylic acids is 1. The van der Waals surface area contributed by atoms with Crippen LogP contribution in [0.2, 0.25) is 0 Å². The lowest BCUT2D eigenvalue weighted by Gasteiger charge is -2.49. The molecule has 1 fully saturated rings. The quantitative estimate of drug-likeness (QED) is 0.145. The molecular weight excluding hydrogens is 547 g/mol. The van der Waals surface area contributed by atoms with Gasteiger partial charge in [0.15, 0.2) is 4.34 Å². The average molecular weight is 570 g/mol. The van der Waals surface area contributed by atoms with Gasteiger partial charge < -0.3 is 25.8 Å². The van der Waals surface area contributed by atoms with E-state index in [-0.39, 0.29) is 29.8 Å². The first kappa shape index (κ1) is 26.5. The number of carboxylic acids is 2. The average Bonchev–Trinajstić information content (AvgIpc) is 3.46. The van der Waals surface area contributed by atoms with Crippen LogP contribution in [-0.2, 0) is 27.2 Å². The zero-order valence-electron chi connectivity index (χ0n) is 19.2. The minimum absolute atomic E-state index is 0.0228. The number of thioether (sulfide) groups is 2. The van der Waals surface area contributed by atoms with Gasteiger partial charge in [0.1, 0.15) is 34.0 Å². The van der Waals surface area contributed by atoms with E-state index < -0.39 is 24.0 Å². The molecule has 192 valence electrons. The summed E-state index contributed by atoms with van der Waals surface area (Å²) in [6, 6.07) is -1.38. The normalized spacial score (nSPS) is 20.1. The van der Waals surface area contributed by atoms with Crippen molar-refractivity contribution in [1.82, 2.24) is 35.7 Å². The second-order valence-corrected chi connectivity index (χ2v) is 12.0. The number of amides is 1. The van der Waals surface area contributed by atoms with Gasteiger partial charge in [-0.25, -0.2) is 9.78 Å². The lowest BCUT2D eigenvalue weighted by Crippen LogP contribution is -2.70. The van der Waals surface area contributed by atoms with E-state index in [4.69, 9.17) is 12.2 Å². The van der Waals surface area contributed by atoms with Gasteiger partial charge in [-0.1, -0.05) is 35.3 Å². The smallest absolute Gasteiger partial charge is 0.352 e. The maximum absolute atomic E-state index is 12.9. The van der Waals surface area contributed by atoms with Crippen molar-refractivity contribution in [3.63, 3.8) is 0 Å². The van der Waals surface area contributed by atoms with Crippen LogP contribution in [0, 0.1) is 6.92 Å². The monoisotopic (exact) mass is 569 g/mol. The van der Waals surface area contributed by atoms with Gasteiger partial charge in [-0.2, -0.15) is 0 Å². The van der Waals surface area contributed by atoms with Crippen molar-refractivity contribution in [1.29, 1.82) is 0 Å². The number of carboxylic acid groups (broad SMARTS) is 2. The van der Waals surface area contributed by atoms with E-state index >= 15 is 0 Å². The molecule has 1 amide bonds. The van der Waals surface area contributed by atoms with Crippen molar-refractivity contribution in [2.24, 2.45) is 0 Å². The zero-order chi connectivity index (χ0) is 26.0. The highest BCUT2D eigenvalue weighted by atomic mass is 32.2. The lowest BCUT2D eigenvalue weighted by molar-refractivity contribution is -0.148. The standard InChI is InChI=1S/C20H23N7O5S4/c1-8-25-26-20(36-8)35-7-9-6-34-17-14(16(28)27(17)15(9)19(31)32)24-13(33)4-12-22-5-10(23-12)3-11(21-2)18(29)30/h5,11,14,17,21H,3-4,6-7H2,1-2H3,(H,22,23)(H,24,33)(H,29,30)(H,31,32)/t11?,14-,17+/m1/s1. The number of aromatic nitrogens is 4. The van der Waals surface area contributed by atoms with E-state index in [2.05, 4.69) is 30.8 Å². The summed E-state index contributed by atoms with van der Waals surface area (Å²) in [4.78, 5) is 45.2. The Kier molecular flexibility index (Phi) is 8.29. The molecule has 16 heteroatoms. The van der Waals surface area contributed by atoms with Crippen LogP contribution in [0.1, 0.15) is 16.5 Å². The number of β-lactam (4-membered cyclic amide) rings is 1. The van der Waals surface area contributed by atoms with Crippen molar-refractivity contribution in [2.75, 3.05) is 18.6 Å². The number of imidazole rings is 1. The molecule has 5 N–H and O–H groups in total. The Labute approximate surface area is 223 Å². The highest BCUT2D eigenvalue weighted by molar-refractivity contribution is 8.01. The molecule has 0 aromatic carbocycles. The Morgan fingerprint density at radius 3 is 2.81 bits per heavy atom. The van der Waals surface area contributed by atoms with Gasteiger partial charge in [0, 0.05) is 29.8 Å². The van der Waals surface area contributed by atoms with Crippen LogP contribution < -0.4 is 10.6 Å². The minimum Gasteiger partial charge on any atom is -0.480 e. The van der Waals surface area contributed by atoms with Crippen molar-refractivity contribution < 1.29 is 24.6 Å². The van der Waals surface area contributed by atoms with Gasteiger partial charge in [-0.15, -0.1) is 22.0 Å². The molecule has 0 aliphatic carbocycles. The first-order valence-corrected chi connectivity index (χ1v) is 14.0. The molecule has 0 radical (unpaired) electrons. The lowest BCUT2D eigenvalue weighted by atomic mass is 10.0. The highest BCUT2D eigenvalue weighted by Crippen LogP contribution is 2.41. The summed E-state index contributed by atoms with van der Waals surface area (Å²) in [6.45, 7) is 1.85. The number of aromatic amines is 1. The second-order valence-electron chi connectivity index (χ2n) is 8.00. The van der Waals surface area contributed by atoms with Gasteiger partial charge in [-0.05, 0) is 19.5 Å². The van der Waals surface area contributed by atoms with Crippen LogP contribution >= 0.6 is 47.1 Å². The van der Waals surface area contributed by atoms with Crippen LogP contribution in [0.25, 0.3) is 0 Å². The zero-order valence-corrected chi connectivity index (χ0v) is 22.4. The highest BCUT2D eigenvalue weighted by Gasteiger charge is 2.53. The van der Waals surface area contributed by atoms with E-state index in [1.54, 1.807) is 13.2 Å². The number of hydrogen-bond donors (Lipinski definition) is 5. The van der Waals surface area contributed by atoms with Gasteiger partial charge >= 0.3 is 11.9 Å². The fourth-order valence-corrected chi connectivity index (χ4v) is 7.35. The molecule has 0 saturated carbocycles. The van der Waals surface area contributed by atoms with Crippen molar-refractivity contribution in [3.8, 4) is 0 Å². The first-order valence-electron chi connectivity index (χ1n) is 10.7. The fourth-order valence-electron chi connectivity index (χ4n) is 3.79. The number of thiocarbonyl (C=S) groups is 1. The maximum atomic E-state index is 12.9. The van der Waals surface area contributed by atoms with Crippen LogP contribution in [0.4, 0.5) is 0 Å². The van der Waals surface area contributed by atoms with Crippen LogP contribution in [0.5, 0.6) is 0 Å². The molecule has 3 atom stereocenters. The largest absolute Gasteiger partial charge is 0.480 e. The molecule has 12 nitrogen and oxygen atoms in total.